The van der Waals surface area contributed by atoms with Gasteiger partial charge in [-0.2, -0.15) is 0 Å². The van der Waals surface area contributed by atoms with Gasteiger partial charge in [0.25, 0.3) is 5.91 Å². The van der Waals surface area contributed by atoms with E-state index in [1.165, 1.54) is 7.11 Å². The number of aliphatic carboxylic acids is 1. The van der Waals surface area contributed by atoms with Gasteiger partial charge in [0.1, 0.15) is 5.75 Å². The molecule has 0 aromatic heterocycles. The number of nitrogen functional groups attached to an aromatic ring is 1. The van der Waals surface area contributed by atoms with Crippen molar-refractivity contribution in [1.82, 2.24) is 5.32 Å². The van der Waals surface area contributed by atoms with Crippen LogP contribution in [0.25, 0.3) is 0 Å². The predicted octanol–water partition coefficient (Wildman–Crippen LogP) is 1.26. The number of methoxy groups -OCH3 is 1. The van der Waals surface area contributed by atoms with E-state index in [1.54, 1.807) is 32.0 Å². The lowest BCUT2D eigenvalue weighted by atomic mass is 10.00. The summed E-state index contributed by atoms with van der Waals surface area (Å²) in [6, 6.07) is 4.67. The van der Waals surface area contributed by atoms with Crippen LogP contribution >= 0.6 is 0 Å². The first-order valence-corrected chi connectivity index (χ1v) is 5.73. The summed E-state index contributed by atoms with van der Waals surface area (Å²) in [4.78, 5) is 22.8. The molecular formula is C13H18N2O4. The highest BCUT2D eigenvalue weighted by Crippen LogP contribution is 2.22. The van der Waals surface area contributed by atoms with Crippen LogP contribution in [0.1, 0.15) is 30.6 Å². The second kappa shape index (κ2) is 5.60. The summed E-state index contributed by atoms with van der Waals surface area (Å²) in [5.41, 5.74) is 5.55. The van der Waals surface area contributed by atoms with Crippen LogP contribution in [-0.4, -0.2) is 29.6 Å². The lowest BCUT2D eigenvalue weighted by Crippen LogP contribution is -2.45. The van der Waals surface area contributed by atoms with Gasteiger partial charge in [0, 0.05) is 17.3 Å². The second-order valence-corrected chi connectivity index (χ2v) is 4.87. The summed E-state index contributed by atoms with van der Waals surface area (Å²) < 4.78 is 5.09. The van der Waals surface area contributed by atoms with Crippen LogP contribution in [0.4, 0.5) is 5.69 Å². The Morgan fingerprint density at radius 2 is 2.05 bits per heavy atom. The Morgan fingerprint density at radius 1 is 1.42 bits per heavy atom. The van der Waals surface area contributed by atoms with Gasteiger partial charge in [0.05, 0.1) is 19.1 Å². The molecule has 0 spiro atoms. The molecule has 6 heteroatoms. The molecule has 19 heavy (non-hydrogen) atoms. The molecule has 6 nitrogen and oxygen atoms in total. The van der Waals surface area contributed by atoms with Crippen molar-refractivity contribution in [3.63, 3.8) is 0 Å². The Bertz CT molecular complexity index is 497. The third-order valence-electron chi connectivity index (χ3n) is 2.52. The van der Waals surface area contributed by atoms with Crippen LogP contribution in [0, 0.1) is 0 Å². The molecular weight excluding hydrogens is 248 g/mol. The molecule has 4 N–H and O–H groups in total. The average molecular weight is 266 g/mol. The minimum atomic E-state index is -0.977. The van der Waals surface area contributed by atoms with E-state index in [2.05, 4.69) is 5.32 Å². The number of carboxylic acid groups (broad SMARTS) is 1. The van der Waals surface area contributed by atoms with E-state index < -0.39 is 17.4 Å². The first kappa shape index (κ1) is 14.8. The highest BCUT2D eigenvalue weighted by molar-refractivity contribution is 5.98. The zero-order chi connectivity index (χ0) is 14.6. The fraction of sp³-hybridized carbons (Fsp3) is 0.385. The molecule has 0 fully saturated rings. The Hall–Kier alpha value is -2.24. The number of anilines is 1. The van der Waals surface area contributed by atoms with Crippen molar-refractivity contribution >= 4 is 17.6 Å². The minimum absolute atomic E-state index is 0.171. The molecule has 0 radical (unpaired) electrons. The lowest BCUT2D eigenvalue weighted by Gasteiger charge is -2.24. The van der Waals surface area contributed by atoms with Gasteiger partial charge >= 0.3 is 5.97 Å². The van der Waals surface area contributed by atoms with E-state index >= 15 is 0 Å². The minimum Gasteiger partial charge on any atom is -0.496 e. The molecule has 104 valence electrons. The highest BCUT2D eigenvalue weighted by atomic mass is 16.5. The summed E-state index contributed by atoms with van der Waals surface area (Å²) in [6.07, 6.45) is -0.171. The third kappa shape index (κ3) is 4.17. The highest BCUT2D eigenvalue weighted by Gasteiger charge is 2.25. The molecule has 0 atom stereocenters. The second-order valence-electron chi connectivity index (χ2n) is 4.87. The first-order valence-electron chi connectivity index (χ1n) is 5.73. The summed E-state index contributed by atoms with van der Waals surface area (Å²) in [6.45, 7) is 3.28. The quantitative estimate of drug-likeness (QED) is 0.696. The zero-order valence-corrected chi connectivity index (χ0v) is 11.2. The van der Waals surface area contributed by atoms with Crippen molar-refractivity contribution < 1.29 is 19.4 Å². The predicted molar refractivity (Wildman–Crippen MR) is 71.2 cm³/mol. The number of nitrogens with one attached hydrogen (secondary N) is 1. The zero-order valence-electron chi connectivity index (χ0n) is 11.2. The van der Waals surface area contributed by atoms with E-state index in [0.717, 1.165) is 0 Å². The largest absolute Gasteiger partial charge is 0.496 e. The van der Waals surface area contributed by atoms with Gasteiger partial charge in [-0.1, -0.05) is 0 Å². The van der Waals surface area contributed by atoms with Crippen LogP contribution < -0.4 is 15.8 Å². The van der Waals surface area contributed by atoms with E-state index in [0.29, 0.717) is 17.0 Å². The van der Waals surface area contributed by atoms with Crippen LogP contribution in [0.15, 0.2) is 18.2 Å². The molecule has 1 aromatic carbocycles. The van der Waals surface area contributed by atoms with Crippen molar-refractivity contribution in [2.75, 3.05) is 12.8 Å². The van der Waals surface area contributed by atoms with Crippen LogP contribution in [0.5, 0.6) is 5.75 Å². The SMILES string of the molecule is COc1cc(N)ccc1C(=O)NC(C)(C)CC(=O)O. The number of carbonyl (C=O) groups excluding carboxylic acids is 1. The smallest absolute Gasteiger partial charge is 0.305 e. The Morgan fingerprint density at radius 3 is 2.58 bits per heavy atom. The molecule has 0 aliphatic carbocycles. The van der Waals surface area contributed by atoms with Gasteiger partial charge in [0.15, 0.2) is 0 Å². The molecule has 0 heterocycles. The first-order chi connectivity index (χ1) is 8.75. The average Bonchev–Trinajstić information content (AvgIpc) is 2.25. The van der Waals surface area contributed by atoms with Crippen molar-refractivity contribution in [3.05, 3.63) is 23.8 Å². The van der Waals surface area contributed by atoms with Gasteiger partial charge in [0.2, 0.25) is 0 Å². The van der Waals surface area contributed by atoms with Crippen molar-refractivity contribution in [2.24, 2.45) is 0 Å². The normalized spacial score (nSPS) is 10.9. The number of amides is 1. The van der Waals surface area contributed by atoms with Crippen molar-refractivity contribution in [2.45, 2.75) is 25.8 Å². The van der Waals surface area contributed by atoms with Gasteiger partial charge < -0.3 is 20.9 Å². The molecule has 0 saturated carbocycles. The summed E-state index contributed by atoms with van der Waals surface area (Å²) >= 11 is 0. The standard InChI is InChI=1S/C13H18N2O4/c1-13(2,7-11(16)17)15-12(18)9-5-4-8(14)6-10(9)19-3/h4-6H,7,14H2,1-3H3,(H,15,18)(H,16,17). The van der Waals surface area contributed by atoms with Gasteiger partial charge in [-0.05, 0) is 26.0 Å². The lowest BCUT2D eigenvalue weighted by molar-refractivity contribution is -0.138. The summed E-state index contributed by atoms with van der Waals surface area (Å²) in [5.74, 6) is -1.03. The van der Waals surface area contributed by atoms with E-state index in [9.17, 15) is 9.59 Å². The van der Waals surface area contributed by atoms with Gasteiger partial charge in [-0.15, -0.1) is 0 Å². The molecule has 1 rings (SSSR count). The van der Waals surface area contributed by atoms with Crippen LogP contribution in [0.3, 0.4) is 0 Å². The van der Waals surface area contributed by atoms with E-state index in [1.807, 2.05) is 0 Å². The number of hydrogen-bond donors (Lipinski definition) is 3. The van der Waals surface area contributed by atoms with Gasteiger partial charge in [-0.25, -0.2) is 0 Å². The Kier molecular flexibility index (Phi) is 4.37. The maximum atomic E-state index is 12.1. The number of rotatable bonds is 5. The molecule has 0 aliphatic heterocycles. The molecule has 0 saturated heterocycles. The van der Waals surface area contributed by atoms with Crippen molar-refractivity contribution in [3.8, 4) is 5.75 Å². The van der Waals surface area contributed by atoms with E-state index in [4.69, 9.17) is 15.6 Å². The molecule has 0 aliphatic rings. The van der Waals surface area contributed by atoms with Crippen molar-refractivity contribution in [1.29, 1.82) is 0 Å². The van der Waals surface area contributed by atoms with E-state index in [-0.39, 0.29) is 6.42 Å². The molecule has 1 aromatic rings. The summed E-state index contributed by atoms with van der Waals surface area (Å²) in [7, 11) is 1.44. The molecule has 1 amide bonds. The maximum absolute atomic E-state index is 12.1. The summed E-state index contributed by atoms with van der Waals surface area (Å²) in [5, 5.41) is 11.4. The number of benzene rings is 1. The number of carbonyl (C=O) groups is 2. The number of ether oxygens (including phenoxy) is 1. The Balaban J connectivity index is 2.92. The fourth-order valence-electron chi connectivity index (χ4n) is 1.69. The van der Waals surface area contributed by atoms with Crippen LogP contribution in [-0.2, 0) is 4.79 Å². The fourth-order valence-corrected chi connectivity index (χ4v) is 1.69. The number of carboxylic acids is 1. The third-order valence-corrected chi connectivity index (χ3v) is 2.52. The monoisotopic (exact) mass is 266 g/mol. The number of hydrogen-bond acceptors (Lipinski definition) is 4. The molecule has 0 bridgehead atoms. The number of nitrogens with two attached hydrogens (primary N) is 1. The maximum Gasteiger partial charge on any atom is 0.305 e. The Labute approximate surface area is 111 Å². The molecule has 0 unspecified atom stereocenters. The van der Waals surface area contributed by atoms with Gasteiger partial charge in [-0.3, -0.25) is 9.59 Å². The van der Waals surface area contributed by atoms with Crippen LogP contribution in [0.2, 0.25) is 0 Å². The topological polar surface area (TPSA) is 102 Å².